The highest BCUT2D eigenvalue weighted by molar-refractivity contribution is 7.13. The first-order valence-electron chi connectivity index (χ1n) is 7.65. The number of oxazole rings is 1. The minimum absolute atomic E-state index is 0.0152. The number of nitrogens with zero attached hydrogens (tertiary/aromatic N) is 2. The van der Waals surface area contributed by atoms with Crippen LogP contribution in [0.5, 0.6) is 5.75 Å². The molecule has 24 heavy (non-hydrogen) atoms. The number of ether oxygens (including phenoxy) is 1. The molecule has 1 atom stereocenters. The summed E-state index contributed by atoms with van der Waals surface area (Å²) in [4.78, 5) is 7.43. The lowest BCUT2D eigenvalue weighted by molar-refractivity contribution is 0.134. The maximum Gasteiger partial charge on any atom is 0.209 e. The number of hydrogen-bond donors (Lipinski definition) is 1. The molecule has 0 bridgehead atoms. The number of aromatic nitrogens is 1. The molecule has 0 aliphatic rings. The van der Waals surface area contributed by atoms with E-state index in [1.807, 2.05) is 53.7 Å². The summed E-state index contributed by atoms with van der Waals surface area (Å²) >= 11 is 1.62. The quantitative estimate of drug-likeness (QED) is 0.710. The highest BCUT2D eigenvalue weighted by Gasteiger charge is 2.19. The van der Waals surface area contributed by atoms with Gasteiger partial charge in [0.05, 0.1) is 37.4 Å². The maximum absolute atomic E-state index is 9.79. The van der Waals surface area contributed by atoms with E-state index < -0.39 is 0 Å². The minimum Gasteiger partial charge on any atom is -0.497 e. The first kappa shape index (κ1) is 16.7. The lowest BCUT2D eigenvalue weighted by Crippen LogP contribution is -2.27. The molecule has 0 aliphatic carbocycles. The Hall–Kier alpha value is -2.15. The van der Waals surface area contributed by atoms with E-state index in [0.29, 0.717) is 12.4 Å². The molecule has 3 rings (SSSR count). The summed E-state index contributed by atoms with van der Waals surface area (Å²) < 4.78 is 11.0. The Labute approximate surface area is 145 Å². The van der Waals surface area contributed by atoms with Crippen molar-refractivity contribution in [1.29, 1.82) is 0 Å². The Balaban J connectivity index is 1.71. The lowest BCUT2D eigenvalue weighted by Gasteiger charge is -2.25. The molecule has 2 aromatic heterocycles. The summed E-state index contributed by atoms with van der Waals surface area (Å²) in [7, 11) is 3.58. The highest BCUT2D eigenvalue weighted by atomic mass is 32.1. The third kappa shape index (κ3) is 3.67. The zero-order valence-corrected chi connectivity index (χ0v) is 14.5. The van der Waals surface area contributed by atoms with E-state index in [9.17, 15) is 5.11 Å². The fourth-order valence-corrected chi connectivity index (χ4v) is 3.24. The van der Waals surface area contributed by atoms with Gasteiger partial charge in [-0.1, -0.05) is 18.2 Å². The zero-order chi connectivity index (χ0) is 16.9. The van der Waals surface area contributed by atoms with Gasteiger partial charge in [-0.15, -0.1) is 11.3 Å². The van der Waals surface area contributed by atoms with Gasteiger partial charge in [0.15, 0.2) is 5.76 Å². The molecule has 0 saturated heterocycles. The number of thiophene rings is 1. The second kappa shape index (κ2) is 7.61. The molecule has 6 heteroatoms. The molecule has 1 unspecified atom stereocenters. The number of methoxy groups -OCH3 is 1. The van der Waals surface area contributed by atoms with Gasteiger partial charge in [0.25, 0.3) is 0 Å². The van der Waals surface area contributed by atoms with E-state index in [1.54, 1.807) is 24.6 Å². The van der Waals surface area contributed by atoms with Gasteiger partial charge in [0.2, 0.25) is 5.89 Å². The van der Waals surface area contributed by atoms with Gasteiger partial charge in [-0.2, -0.15) is 0 Å². The topological polar surface area (TPSA) is 58.7 Å². The van der Waals surface area contributed by atoms with E-state index >= 15 is 0 Å². The van der Waals surface area contributed by atoms with Crippen LogP contribution in [0.3, 0.4) is 0 Å². The molecular formula is C18H20N2O3S. The summed E-state index contributed by atoms with van der Waals surface area (Å²) in [6, 6.07) is 11.6. The zero-order valence-electron chi connectivity index (χ0n) is 13.7. The third-order valence-electron chi connectivity index (χ3n) is 3.91. The normalized spacial score (nSPS) is 12.5. The van der Waals surface area contributed by atoms with Gasteiger partial charge in [-0.05, 0) is 36.2 Å². The van der Waals surface area contributed by atoms with Gasteiger partial charge < -0.3 is 14.3 Å². The van der Waals surface area contributed by atoms with Crippen LogP contribution in [0.25, 0.3) is 10.6 Å². The van der Waals surface area contributed by atoms with Crippen LogP contribution in [0, 0.1) is 0 Å². The summed E-state index contributed by atoms with van der Waals surface area (Å²) in [5.74, 6) is 2.21. The van der Waals surface area contributed by atoms with E-state index in [1.165, 1.54) is 0 Å². The van der Waals surface area contributed by atoms with Crippen molar-refractivity contribution in [2.24, 2.45) is 0 Å². The fraction of sp³-hybridized carbons (Fsp3) is 0.278. The maximum atomic E-state index is 9.79. The first-order chi connectivity index (χ1) is 11.7. The SMILES string of the molecule is COc1ccc(C(CO)N(C)Cc2ncc(-c3cccs3)o2)cc1. The number of likely N-dealkylation sites (N-methyl/N-ethyl adjacent to an activating group) is 1. The van der Waals surface area contributed by atoms with Crippen LogP contribution in [-0.2, 0) is 6.54 Å². The van der Waals surface area contributed by atoms with Crippen molar-refractivity contribution in [2.45, 2.75) is 12.6 Å². The van der Waals surface area contributed by atoms with Gasteiger partial charge in [-0.25, -0.2) is 4.98 Å². The van der Waals surface area contributed by atoms with Crippen molar-refractivity contribution < 1.29 is 14.3 Å². The Morgan fingerprint density at radius 3 is 2.71 bits per heavy atom. The predicted octanol–water partition coefficient (Wildman–Crippen LogP) is 3.58. The third-order valence-corrected chi connectivity index (χ3v) is 4.79. The van der Waals surface area contributed by atoms with E-state index in [0.717, 1.165) is 22.0 Å². The van der Waals surface area contributed by atoms with E-state index in [4.69, 9.17) is 9.15 Å². The van der Waals surface area contributed by atoms with Crippen LogP contribution in [0.2, 0.25) is 0 Å². The van der Waals surface area contributed by atoms with Gasteiger partial charge in [0.1, 0.15) is 5.75 Å². The largest absolute Gasteiger partial charge is 0.497 e. The fourth-order valence-electron chi connectivity index (χ4n) is 2.56. The van der Waals surface area contributed by atoms with Gasteiger partial charge in [-0.3, -0.25) is 4.90 Å². The second-order valence-electron chi connectivity index (χ2n) is 5.48. The molecule has 1 aromatic carbocycles. The molecule has 3 aromatic rings. The van der Waals surface area contributed by atoms with E-state index in [2.05, 4.69) is 4.98 Å². The summed E-state index contributed by atoms with van der Waals surface area (Å²) in [6.45, 7) is 0.532. The van der Waals surface area contributed by atoms with Crippen LogP contribution in [0.1, 0.15) is 17.5 Å². The smallest absolute Gasteiger partial charge is 0.209 e. The van der Waals surface area contributed by atoms with Crippen molar-refractivity contribution in [3.05, 3.63) is 59.4 Å². The Morgan fingerprint density at radius 1 is 1.29 bits per heavy atom. The second-order valence-corrected chi connectivity index (χ2v) is 6.43. The number of rotatable bonds is 7. The molecule has 126 valence electrons. The number of benzene rings is 1. The molecule has 2 heterocycles. The molecule has 0 aliphatic heterocycles. The van der Waals surface area contributed by atoms with Crippen LogP contribution in [-0.4, -0.2) is 35.8 Å². The number of aliphatic hydroxyl groups excluding tert-OH is 1. The molecule has 0 fully saturated rings. The summed E-state index contributed by atoms with van der Waals surface area (Å²) in [5.41, 5.74) is 1.02. The highest BCUT2D eigenvalue weighted by Crippen LogP contribution is 2.27. The Bertz CT molecular complexity index is 753. The summed E-state index contributed by atoms with van der Waals surface area (Å²) in [6.07, 6.45) is 1.75. The molecule has 5 nitrogen and oxygen atoms in total. The van der Waals surface area contributed by atoms with Crippen LogP contribution >= 0.6 is 11.3 Å². The minimum atomic E-state index is -0.131. The van der Waals surface area contributed by atoms with Crippen molar-refractivity contribution >= 4 is 11.3 Å². The van der Waals surface area contributed by atoms with Crippen LogP contribution < -0.4 is 4.74 Å². The average molecular weight is 344 g/mol. The Morgan fingerprint density at radius 2 is 2.08 bits per heavy atom. The molecule has 0 spiro atoms. The first-order valence-corrected chi connectivity index (χ1v) is 8.53. The van der Waals surface area contributed by atoms with Crippen molar-refractivity contribution in [3.8, 4) is 16.4 Å². The van der Waals surface area contributed by atoms with Gasteiger partial charge >= 0.3 is 0 Å². The molecule has 1 N–H and O–H groups in total. The average Bonchev–Trinajstić information content (AvgIpc) is 3.27. The molecule has 0 radical (unpaired) electrons. The lowest BCUT2D eigenvalue weighted by atomic mass is 10.1. The predicted molar refractivity (Wildman–Crippen MR) is 94.1 cm³/mol. The summed E-state index contributed by atoms with van der Waals surface area (Å²) in [5, 5.41) is 11.8. The van der Waals surface area contributed by atoms with Crippen LogP contribution in [0.4, 0.5) is 0 Å². The molecule has 0 amide bonds. The van der Waals surface area contributed by atoms with Crippen molar-refractivity contribution in [2.75, 3.05) is 20.8 Å². The Kier molecular flexibility index (Phi) is 5.30. The van der Waals surface area contributed by atoms with Gasteiger partial charge in [0, 0.05) is 0 Å². The monoisotopic (exact) mass is 344 g/mol. The molecule has 0 saturated carbocycles. The molecular weight excluding hydrogens is 324 g/mol. The van der Waals surface area contributed by atoms with Crippen molar-refractivity contribution in [3.63, 3.8) is 0 Å². The number of hydrogen-bond acceptors (Lipinski definition) is 6. The van der Waals surface area contributed by atoms with Crippen LogP contribution in [0.15, 0.2) is 52.4 Å². The number of aliphatic hydroxyl groups is 1. The standard InChI is InChI=1S/C18H20N2O3S/c1-20(15(12-21)13-5-7-14(22-2)8-6-13)11-18-19-10-16(23-18)17-4-3-9-24-17/h3-10,15,21H,11-12H2,1-2H3. The van der Waals surface area contributed by atoms with E-state index in [-0.39, 0.29) is 12.6 Å². The van der Waals surface area contributed by atoms with Crippen molar-refractivity contribution in [1.82, 2.24) is 9.88 Å².